The van der Waals surface area contributed by atoms with Crippen molar-refractivity contribution < 1.29 is 18.8 Å². The van der Waals surface area contributed by atoms with Crippen LogP contribution in [0.2, 0.25) is 0 Å². The Morgan fingerprint density at radius 2 is 2.05 bits per heavy atom. The third-order valence-corrected chi connectivity index (χ3v) is 4.13. The number of thiocarbonyl (C=S) groups is 1. The molecule has 0 aromatic heterocycles. The predicted molar refractivity (Wildman–Crippen MR) is 78.5 cm³/mol. The van der Waals surface area contributed by atoms with E-state index in [1.165, 1.54) is 25.1 Å². The van der Waals surface area contributed by atoms with Gasteiger partial charge in [0.05, 0.1) is 11.8 Å². The zero-order valence-corrected chi connectivity index (χ0v) is 12.2. The van der Waals surface area contributed by atoms with Crippen molar-refractivity contribution in [3.8, 4) is 0 Å². The number of benzene rings is 1. The lowest BCUT2D eigenvalue weighted by molar-refractivity contribution is -0.123. The van der Waals surface area contributed by atoms with Crippen LogP contribution in [-0.4, -0.2) is 22.3 Å². The van der Waals surface area contributed by atoms with Crippen molar-refractivity contribution in [2.24, 2.45) is 17.6 Å². The standard InChI is InChI=1S/C15H14FNO3S/c1-7(18)2-4-10(15(17)20)12-13(19)9-5-3-8(16)6-11(9)14(12)21/h3,5-6,10,12H,2,4H2,1H3,(H2,17,20). The highest BCUT2D eigenvalue weighted by Crippen LogP contribution is 2.34. The molecule has 1 aromatic rings. The Labute approximate surface area is 126 Å². The van der Waals surface area contributed by atoms with E-state index in [1.807, 2.05) is 0 Å². The lowest BCUT2D eigenvalue weighted by Gasteiger charge is -2.18. The fourth-order valence-corrected chi connectivity index (χ4v) is 3.03. The van der Waals surface area contributed by atoms with Gasteiger partial charge < -0.3 is 10.5 Å². The lowest BCUT2D eigenvalue weighted by Crippen LogP contribution is -2.35. The van der Waals surface area contributed by atoms with Gasteiger partial charge in [-0.05, 0) is 31.5 Å². The second-order valence-electron chi connectivity index (χ2n) is 5.15. The zero-order chi connectivity index (χ0) is 15.7. The van der Waals surface area contributed by atoms with Gasteiger partial charge in [-0.1, -0.05) is 12.2 Å². The third kappa shape index (κ3) is 2.90. The first kappa shape index (κ1) is 15.4. The second-order valence-corrected chi connectivity index (χ2v) is 5.59. The number of hydrogen-bond donors (Lipinski definition) is 1. The van der Waals surface area contributed by atoms with Crippen LogP contribution in [-0.2, 0) is 9.59 Å². The van der Waals surface area contributed by atoms with Crippen LogP contribution in [0, 0.1) is 17.7 Å². The van der Waals surface area contributed by atoms with Gasteiger partial charge in [-0.25, -0.2) is 4.39 Å². The SMILES string of the molecule is CC(=O)CCC(C(N)=O)C1C(=O)c2ccc(F)cc2C1=S. The molecular weight excluding hydrogens is 293 g/mol. The summed E-state index contributed by atoms with van der Waals surface area (Å²) in [5, 5.41) is 0. The molecule has 2 rings (SSSR count). The number of rotatable bonds is 5. The number of ketones is 2. The molecule has 0 saturated carbocycles. The predicted octanol–water partition coefficient (Wildman–Crippen LogP) is 1.83. The van der Waals surface area contributed by atoms with Crippen LogP contribution in [0.3, 0.4) is 0 Å². The van der Waals surface area contributed by atoms with Gasteiger partial charge in [0.25, 0.3) is 0 Å². The average Bonchev–Trinajstić information content (AvgIpc) is 2.63. The van der Waals surface area contributed by atoms with E-state index in [1.54, 1.807) is 0 Å². The minimum atomic E-state index is -0.881. The van der Waals surface area contributed by atoms with Gasteiger partial charge in [-0.2, -0.15) is 0 Å². The van der Waals surface area contributed by atoms with Gasteiger partial charge in [0.1, 0.15) is 11.6 Å². The van der Waals surface area contributed by atoms with Gasteiger partial charge in [0.15, 0.2) is 5.78 Å². The maximum absolute atomic E-state index is 13.3. The Kier molecular flexibility index (Phi) is 4.27. The molecule has 0 saturated heterocycles. The van der Waals surface area contributed by atoms with Crippen molar-refractivity contribution in [1.82, 2.24) is 0 Å². The Balaban J connectivity index is 2.36. The first-order valence-electron chi connectivity index (χ1n) is 6.49. The highest BCUT2D eigenvalue weighted by atomic mass is 32.1. The monoisotopic (exact) mass is 307 g/mol. The van der Waals surface area contributed by atoms with Gasteiger partial charge in [-0.15, -0.1) is 0 Å². The molecular formula is C15H14FNO3S. The Bertz CT molecular complexity index is 656. The Hall–Kier alpha value is -1.95. The number of carbonyl (C=O) groups is 3. The summed E-state index contributed by atoms with van der Waals surface area (Å²) in [5.74, 6) is -3.32. The molecule has 0 fully saturated rings. The average molecular weight is 307 g/mol. The van der Waals surface area contributed by atoms with E-state index in [9.17, 15) is 18.8 Å². The number of Topliss-reactive ketones (excluding diaryl/α,β-unsaturated/α-hetero) is 2. The number of carbonyl (C=O) groups excluding carboxylic acids is 3. The van der Waals surface area contributed by atoms with Crippen LogP contribution in [0.4, 0.5) is 4.39 Å². The van der Waals surface area contributed by atoms with Crippen molar-refractivity contribution >= 4 is 34.6 Å². The number of fused-ring (bicyclic) bond motifs is 1. The molecule has 1 aromatic carbocycles. The van der Waals surface area contributed by atoms with E-state index >= 15 is 0 Å². The Morgan fingerprint density at radius 3 is 2.62 bits per heavy atom. The quantitative estimate of drug-likeness (QED) is 0.842. The van der Waals surface area contributed by atoms with Crippen LogP contribution in [0.1, 0.15) is 35.7 Å². The van der Waals surface area contributed by atoms with E-state index in [2.05, 4.69) is 0 Å². The van der Waals surface area contributed by atoms with Gasteiger partial charge in [0, 0.05) is 22.4 Å². The molecule has 0 spiro atoms. The summed E-state index contributed by atoms with van der Waals surface area (Å²) in [6.45, 7) is 1.40. The molecule has 21 heavy (non-hydrogen) atoms. The van der Waals surface area contributed by atoms with Gasteiger partial charge in [-0.3, -0.25) is 9.59 Å². The molecule has 0 radical (unpaired) electrons. The number of amides is 1. The lowest BCUT2D eigenvalue weighted by atomic mass is 9.84. The van der Waals surface area contributed by atoms with Crippen molar-refractivity contribution in [3.05, 3.63) is 35.1 Å². The normalized spacial score (nSPS) is 18.5. The van der Waals surface area contributed by atoms with E-state index in [-0.39, 0.29) is 29.3 Å². The van der Waals surface area contributed by atoms with Gasteiger partial charge in [0.2, 0.25) is 5.91 Å². The van der Waals surface area contributed by atoms with Crippen LogP contribution in [0.5, 0.6) is 0 Å². The number of primary amides is 1. The minimum Gasteiger partial charge on any atom is -0.369 e. The van der Waals surface area contributed by atoms with Crippen LogP contribution < -0.4 is 5.73 Å². The minimum absolute atomic E-state index is 0.0961. The highest BCUT2D eigenvalue weighted by Gasteiger charge is 2.42. The first-order chi connectivity index (χ1) is 9.82. The second kappa shape index (κ2) is 5.81. The van der Waals surface area contributed by atoms with Crippen molar-refractivity contribution in [2.45, 2.75) is 19.8 Å². The molecule has 110 valence electrons. The molecule has 2 N–H and O–H groups in total. The fraction of sp³-hybridized carbons (Fsp3) is 0.333. The zero-order valence-electron chi connectivity index (χ0n) is 11.4. The van der Waals surface area contributed by atoms with Crippen LogP contribution in [0.15, 0.2) is 18.2 Å². The first-order valence-corrected chi connectivity index (χ1v) is 6.90. The smallest absolute Gasteiger partial charge is 0.221 e. The summed E-state index contributed by atoms with van der Waals surface area (Å²) in [7, 11) is 0. The topological polar surface area (TPSA) is 77.2 Å². The molecule has 0 bridgehead atoms. The number of hydrogen-bond acceptors (Lipinski definition) is 4. The van der Waals surface area contributed by atoms with E-state index in [0.29, 0.717) is 11.1 Å². The van der Waals surface area contributed by atoms with E-state index in [0.717, 1.165) is 0 Å². The Morgan fingerprint density at radius 1 is 1.38 bits per heavy atom. The number of halogens is 1. The largest absolute Gasteiger partial charge is 0.369 e. The van der Waals surface area contributed by atoms with E-state index in [4.69, 9.17) is 18.0 Å². The summed E-state index contributed by atoms with van der Waals surface area (Å²) in [4.78, 5) is 35.4. The highest BCUT2D eigenvalue weighted by molar-refractivity contribution is 7.81. The van der Waals surface area contributed by atoms with Gasteiger partial charge >= 0.3 is 0 Å². The maximum atomic E-state index is 13.3. The molecule has 4 nitrogen and oxygen atoms in total. The van der Waals surface area contributed by atoms with E-state index < -0.39 is 23.6 Å². The number of nitrogens with two attached hydrogens (primary N) is 1. The molecule has 2 atom stereocenters. The summed E-state index contributed by atoms with van der Waals surface area (Å²) in [6.07, 6.45) is 0.308. The van der Waals surface area contributed by atoms with Crippen molar-refractivity contribution in [2.75, 3.05) is 0 Å². The van der Waals surface area contributed by atoms with Crippen molar-refractivity contribution in [3.63, 3.8) is 0 Å². The van der Waals surface area contributed by atoms with Crippen LogP contribution in [0.25, 0.3) is 0 Å². The third-order valence-electron chi connectivity index (χ3n) is 3.65. The maximum Gasteiger partial charge on any atom is 0.221 e. The molecule has 1 amide bonds. The summed E-state index contributed by atoms with van der Waals surface area (Å²) < 4.78 is 13.3. The molecule has 6 heteroatoms. The molecule has 1 aliphatic carbocycles. The molecule has 0 heterocycles. The fourth-order valence-electron chi connectivity index (χ4n) is 2.59. The summed E-state index contributed by atoms with van der Waals surface area (Å²) in [6, 6.07) is 3.73. The van der Waals surface area contributed by atoms with Crippen molar-refractivity contribution in [1.29, 1.82) is 0 Å². The molecule has 0 aliphatic heterocycles. The summed E-state index contributed by atoms with van der Waals surface area (Å²) in [5.41, 5.74) is 6.00. The van der Waals surface area contributed by atoms with Crippen LogP contribution >= 0.6 is 12.2 Å². The molecule has 1 aliphatic rings. The molecule has 2 unspecified atom stereocenters. The summed E-state index contributed by atoms with van der Waals surface area (Å²) >= 11 is 5.23.